The third-order valence-corrected chi connectivity index (χ3v) is 3.72. The highest BCUT2D eigenvalue weighted by Crippen LogP contribution is 2.31. The van der Waals surface area contributed by atoms with Crippen LogP contribution in [0.2, 0.25) is 0 Å². The zero-order valence-corrected chi connectivity index (χ0v) is 13.2. The van der Waals surface area contributed by atoms with Gasteiger partial charge in [0.05, 0.1) is 15.9 Å². The van der Waals surface area contributed by atoms with Crippen LogP contribution in [0.4, 0.5) is 5.69 Å². The number of hydrogen-bond acceptors (Lipinski definition) is 5. The molecule has 0 aliphatic rings. The van der Waals surface area contributed by atoms with Gasteiger partial charge in [0.1, 0.15) is 5.52 Å². The molecule has 1 heterocycles. The van der Waals surface area contributed by atoms with Gasteiger partial charge in [-0.3, -0.25) is 15.1 Å². The Labute approximate surface area is 139 Å². The van der Waals surface area contributed by atoms with Crippen molar-refractivity contribution in [2.45, 2.75) is 0 Å². The monoisotopic (exact) mass is 372 g/mol. The second-order valence-corrected chi connectivity index (χ2v) is 5.55. The highest BCUT2D eigenvalue weighted by Gasteiger charge is 2.18. The van der Waals surface area contributed by atoms with Crippen LogP contribution in [0.1, 0.15) is 10.4 Å². The number of ether oxygens (including phenoxy) is 1. The lowest BCUT2D eigenvalue weighted by Crippen LogP contribution is -2.09. The standard InChI is InChI=1S/C16H9BrN2O4/c17-11-5-3-10(4-6-11)16(20)23-14-8-7-13(19(21)22)12-2-1-9-18-15(12)14/h1-9H. The number of non-ortho nitro benzene ring substituents is 1. The summed E-state index contributed by atoms with van der Waals surface area (Å²) in [7, 11) is 0. The Balaban J connectivity index is 2.00. The van der Waals surface area contributed by atoms with Gasteiger partial charge in [-0.15, -0.1) is 0 Å². The van der Waals surface area contributed by atoms with Gasteiger partial charge in [-0.05, 0) is 42.5 Å². The summed E-state index contributed by atoms with van der Waals surface area (Å²) in [6.07, 6.45) is 1.49. The van der Waals surface area contributed by atoms with E-state index in [2.05, 4.69) is 20.9 Å². The van der Waals surface area contributed by atoms with Crippen LogP contribution in [0.5, 0.6) is 5.75 Å². The van der Waals surface area contributed by atoms with Crippen molar-refractivity contribution in [1.29, 1.82) is 0 Å². The second-order valence-electron chi connectivity index (χ2n) is 4.64. The van der Waals surface area contributed by atoms with Crippen LogP contribution in [0, 0.1) is 10.1 Å². The molecule has 0 N–H and O–H groups in total. The van der Waals surface area contributed by atoms with Crippen molar-refractivity contribution in [3.8, 4) is 5.75 Å². The maximum absolute atomic E-state index is 12.2. The van der Waals surface area contributed by atoms with Crippen molar-refractivity contribution >= 4 is 38.5 Å². The molecule has 3 aromatic rings. The van der Waals surface area contributed by atoms with Crippen LogP contribution < -0.4 is 4.74 Å². The summed E-state index contributed by atoms with van der Waals surface area (Å²) < 4.78 is 6.19. The number of carbonyl (C=O) groups excluding carboxylic acids is 1. The van der Waals surface area contributed by atoms with E-state index in [0.717, 1.165) is 4.47 Å². The summed E-state index contributed by atoms with van der Waals surface area (Å²) in [6, 6.07) is 12.5. The van der Waals surface area contributed by atoms with Gasteiger partial charge < -0.3 is 4.74 Å². The van der Waals surface area contributed by atoms with E-state index in [0.29, 0.717) is 10.9 Å². The minimum absolute atomic E-state index is 0.0865. The molecule has 0 spiro atoms. The molecule has 0 aliphatic heterocycles. The van der Waals surface area contributed by atoms with Gasteiger partial charge in [-0.25, -0.2) is 4.79 Å². The van der Waals surface area contributed by atoms with Crippen molar-refractivity contribution in [3.63, 3.8) is 0 Å². The second kappa shape index (κ2) is 6.13. The van der Waals surface area contributed by atoms with Crippen LogP contribution in [0.15, 0.2) is 59.2 Å². The van der Waals surface area contributed by atoms with Crippen molar-refractivity contribution in [1.82, 2.24) is 4.98 Å². The average Bonchev–Trinajstić information content (AvgIpc) is 2.55. The van der Waals surface area contributed by atoms with Gasteiger partial charge in [-0.2, -0.15) is 0 Å². The first-order chi connectivity index (χ1) is 11.1. The van der Waals surface area contributed by atoms with Gasteiger partial charge in [0.15, 0.2) is 5.75 Å². The van der Waals surface area contributed by atoms with E-state index in [1.54, 1.807) is 36.4 Å². The Morgan fingerprint density at radius 3 is 2.57 bits per heavy atom. The van der Waals surface area contributed by atoms with E-state index < -0.39 is 10.9 Å². The minimum Gasteiger partial charge on any atom is -0.421 e. The van der Waals surface area contributed by atoms with Gasteiger partial charge in [0, 0.05) is 16.7 Å². The molecule has 0 radical (unpaired) electrons. The number of aromatic nitrogens is 1. The number of hydrogen-bond donors (Lipinski definition) is 0. The molecule has 2 aromatic carbocycles. The SMILES string of the molecule is O=C(Oc1ccc([N+](=O)[O-])c2cccnc12)c1ccc(Br)cc1. The fraction of sp³-hybridized carbons (Fsp3) is 0. The van der Waals surface area contributed by atoms with Crippen LogP contribution in [0.25, 0.3) is 10.9 Å². The first kappa shape index (κ1) is 15.1. The molecular weight excluding hydrogens is 364 g/mol. The third kappa shape index (κ3) is 3.04. The van der Waals surface area contributed by atoms with E-state index >= 15 is 0 Å². The van der Waals surface area contributed by atoms with Crippen LogP contribution >= 0.6 is 15.9 Å². The Hall–Kier alpha value is -2.80. The maximum Gasteiger partial charge on any atom is 0.343 e. The molecule has 114 valence electrons. The van der Waals surface area contributed by atoms with Crippen molar-refractivity contribution < 1.29 is 14.5 Å². The normalized spacial score (nSPS) is 10.5. The predicted octanol–water partition coefficient (Wildman–Crippen LogP) is 4.12. The van der Waals surface area contributed by atoms with Gasteiger partial charge in [0.2, 0.25) is 0 Å². The van der Waals surface area contributed by atoms with Crippen LogP contribution in [0.3, 0.4) is 0 Å². The topological polar surface area (TPSA) is 82.3 Å². The fourth-order valence-corrected chi connectivity index (χ4v) is 2.38. The molecule has 3 rings (SSSR count). The molecule has 0 fully saturated rings. The highest BCUT2D eigenvalue weighted by atomic mass is 79.9. The summed E-state index contributed by atoms with van der Waals surface area (Å²) in [5.41, 5.74) is 0.555. The average molecular weight is 373 g/mol. The lowest BCUT2D eigenvalue weighted by atomic mass is 10.1. The lowest BCUT2D eigenvalue weighted by molar-refractivity contribution is -0.383. The number of benzene rings is 2. The highest BCUT2D eigenvalue weighted by molar-refractivity contribution is 9.10. The van der Waals surface area contributed by atoms with Crippen LogP contribution in [-0.4, -0.2) is 15.9 Å². The van der Waals surface area contributed by atoms with Crippen molar-refractivity contribution in [2.24, 2.45) is 0 Å². The molecule has 7 heteroatoms. The number of nitro benzene ring substituents is 1. The van der Waals surface area contributed by atoms with E-state index in [1.807, 2.05) is 0 Å². The van der Waals surface area contributed by atoms with Crippen LogP contribution in [-0.2, 0) is 0 Å². The van der Waals surface area contributed by atoms with Crippen molar-refractivity contribution in [2.75, 3.05) is 0 Å². The number of rotatable bonds is 3. The van der Waals surface area contributed by atoms with E-state index in [4.69, 9.17) is 4.74 Å². The molecule has 0 saturated heterocycles. The third-order valence-electron chi connectivity index (χ3n) is 3.19. The molecule has 0 unspecified atom stereocenters. The minimum atomic E-state index is -0.557. The summed E-state index contributed by atoms with van der Waals surface area (Å²) in [5, 5.41) is 11.4. The zero-order valence-electron chi connectivity index (χ0n) is 11.6. The molecule has 0 aliphatic carbocycles. The number of nitrogens with zero attached hydrogens (tertiary/aromatic N) is 2. The maximum atomic E-state index is 12.2. The molecule has 0 saturated carbocycles. The number of pyridine rings is 1. The molecule has 23 heavy (non-hydrogen) atoms. The molecule has 1 aromatic heterocycles. The molecule has 0 amide bonds. The first-order valence-corrected chi connectivity index (χ1v) is 7.35. The molecule has 6 nitrogen and oxygen atoms in total. The zero-order chi connectivity index (χ0) is 16.4. The largest absolute Gasteiger partial charge is 0.421 e. The lowest BCUT2D eigenvalue weighted by Gasteiger charge is -2.07. The Kier molecular flexibility index (Phi) is 4.03. The van der Waals surface area contributed by atoms with E-state index in [1.165, 1.54) is 18.3 Å². The molecular formula is C16H9BrN2O4. The number of halogens is 1. The molecule has 0 atom stereocenters. The number of nitro groups is 1. The summed E-state index contributed by atoms with van der Waals surface area (Å²) in [5.74, 6) is -0.377. The summed E-state index contributed by atoms with van der Waals surface area (Å²) in [6.45, 7) is 0. The number of fused-ring (bicyclic) bond motifs is 1. The van der Waals surface area contributed by atoms with E-state index in [-0.39, 0.29) is 17.0 Å². The first-order valence-electron chi connectivity index (χ1n) is 6.56. The van der Waals surface area contributed by atoms with E-state index in [9.17, 15) is 14.9 Å². The van der Waals surface area contributed by atoms with Gasteiger partial charge >= 0.3 is 5.97 Å². The Morgan fingerprint density at radius 2 is 1.87 bits per heavy atom. The number of esters is 1. The summed E-state index contributed by atoms with van der Waals surface area (Å²) >= 11 is 3.29. The Bertz CT molecular complexity index is 910. The van der Waals surface area contributed by atoms with Crippen molar-refractivity contribution in [3.05, 3.63) is 74.9 Å². The predicted molar refractivity (Wildman–Crippen MR) is 87.5 cm³/mol. The number of carbonyl (C=O) groups is 1. The quantitative estimate of drug-likeness (QED) is 0.298. The van der Waals surface area contributed by atoms with Gasteiger partial charge in [0.25, 0.3) is 5.69 Å². The molecule has 0 bridgehead atoms. The Morgan fingerprint density at radius 1 is 1.13 bits per heavy atom. The fourth-order valence-electron chi connectivity index (χ4n) is 2.12. The summed E-state index contributed by atoms with van der Waals surface area (Å²) in [4.78, 5) is 26.9. The smallest absolute Gasteiger partial charge is 0.343 e. The van der Waals surface area contributed by atoms with Gasteiger partial charge in [-0.1, -0.05) is 15.9 Å².